The van der Waals surface area contributed by atoms with Crippen LogP contribution in [0.1, 0.15) is 22.9 Å². The van der Waals surface area contributed by atoms with Crippen molar-refractivity contribution in [1.29, 1.82) is 0 Å². The summed E-state index contributed by atoms with van der Waals surface area (Å²) in [6.07, 6.45) is 6.06. The number of aromatic amines is 1. The number of aryl methyl sites for hydroxylation is 1. The molecule has 0 unspecified atom stereocenters. The first kappa shape index (κ1) is 11.7. The molecule has 0 saturated carbocycles. The van der Waals surface area contributed by atoms with Gasteiger partial charge in [-0.25, -0.2) is 4.98 Å². The van der Waals surface area contributed by atoms with Gasteiger partial charge >= 0.3 is 0 Å². The molecule has 1 aliphatic heterocycles. The lowest BCUT2D eigenvalue weighted by Crippen LogP contribution is -2.39. The second-order valence-corrected chi connectivity index (χ2v) is 5.58. The van der Waals surface area contributed by atoms with Gasteiger partial charge in [0.15, 0.2) is 0 Å². The van der Waals surface area contributed by atoms with Crippen molar-refractivity contribution in [1.82, 2.24) is 19.9 Å². The van der Waals surface area contributed by atoms with Gasteiger partial charge in [-0.15, -0.1) is 0 Å². The molecule has 4 rings (SSSR count). The van der Waals surface area contributed by atoms with Crippen LogP contribution in [0.25, 0.3) is 10.9 Å². The topological polar surface area (TPSA) is 45.6 Å². The van der Waals surface area contributed by atoms with E-state index >= 15 is 0 Å². The van der Waals surface area contributed by atoms with Crippen LogP contribution >= 0.6 is 0 Å². The van der Waals surface area contributed by atoms with E-state index in [2.05, 4.69) is 44.2 Å². The number of aromatic nitrogens is 3. The van der Waals surface area contributed by atoms with Gasteiger partial charge in [0.2, 0.25) is 0 Å². The van der Waals surface area contributed by atoms with Gasteiger partial charge in [-0.1, -0.05) is 6.07 Å². The lowest BCUT2D eigenvalue weighted by atomic mass is 9.93. The molecule has 20 heavy (non-hydrogen) atoms. The summed E-state index contributed by atoms with van der Waals surface area (Å²) in [4.78, 5) is 7.67. The number of fused-ring (bicyclic) bond motifs is 1. The van der Waals surface area contributed by atoms with Crippen LogP contribution in [0.5, 0.6) is 0 Å². The van der Waals surface area contributed by atoms with E-state index in [-0.39, 0.29) is 0 Å². The highest BCUT2D eigenvalue weighted by atomic mass is 15.0. The average molecular weight is 266 g/mol. The van der Waals surface area contributed by atoms with Crippen LogP contribution < -0.4 is 5.32 Å². The van der Waals surface area contributed by atoms with Crippen molar-refractivity contribution in [2.24, 2.45) is 0 Å². The van der Waals surface area contributed by atoms with Crippen molar-refractivity contribution in [3.63, 3.8) is 0 Å². The molecule has 3 heterocycles. The first-order valence-corrected chi connectivity index (χ1v) is 7.09. The molecule has 4 nitrogen and oxygen atoms in total. The number of rotatable bonds is 3. The molecule has 1 aromatic carbocycles. The van der Waals surface area contributed by atoms with Crippen LogP contribution in [-0.2, 0) is 6.54 Å². The molecule has 2 aromatic heterocycles. The Morgan fingerprint density at radius 1 is 1.35 bits per heavy atom. The Kier molecular flexibility index (Phi) is 2.63. The Morgan fingerprint density at radius 3 is 2.95 bits per heavy atom. The maximum absolute atomic E-state index is 4.28. The zero-order chi connectivity index (χ0) is 13.5. The molecule has 0 spiro atoms. The fourth-order valence-corrected chi connectivity index (χ4v) is 2.90. The molecular weight excluding hydrogens is 248 g/mol. The summed E-state index contributed by atoms with van der Waals surface area (Å²) in [6.45, 7) is 5.12. The summed E-state index contributed by atoms with van der Waals surface area (Å²) in [7, 11) is 0. The summed E-state index contributed by atoms with van der Waals surface area (Å²) >= 11 is 0. The molecule has 1 fully saturated rings. The van der Waals surface area contributed by atoms with Crippen molar-refractivity contribution in [2.75, 3.05) is 13.1 Å². The largest absolute Gasteiger partial charge is 0.361 e. The lowest BCUT2D eigenvalue weighted by molar-refractivity contribution is 0.451. The quantitative estimate of drug-likeness (QED) is 0.764. The number of hydrogen-bond acceptors (Lipinski definition) is 2. The van der Waals surface area contributed by atoms with E-state index in [1.807, 2.05) is 19.3 Å². The maximum atomic E-state index is 4.28. The van der Waals surface area contributed by atoms with Gasteiger partial charge in [0.05, 0.1) is 0 Å². The number of benzene rings is 1. The molecule has 0 atom stereocenters. The Balaban J connectivity index is 1.72. The van der Waals surface area contributed by atoms with Crippen molar-refractivity contribution < 1.29 is 0 Å². The van der Waals surface area contributed by atoms with Crippen LogP contribution in [0.3, 0.4) is 0 Å². The number of imidazole rings is 1. The molecule has 1 aliphatic rings. The number of H-pyrrole nitrogens is 1. The van der Waals surface area contributed by atoms with Crippen molar-refractivity contribution in [2.45, 2.75) is 19.4 Å². The highest BCUT2D eigenvalue weighted by Gasteiger charge is 2.21. The molecule has 3 aromatic rings. The van der Waals surface area contributed by atoms with Gasteiger partial charge in [-0.3, -0.25) is 0 Å². The maximum Gasteiger partial charge on any atom is 0.105 e. The summed E-state index contributed by atoms with van der Waals surface area (Å²) in [5.74, 6) is 1.72. The Bertz CT molecular complexity index is 749. The van der Waals surface area contributed by atoms with Crippen LogP contribution in [0.4, 0.5) is 0 Å². The first-order chi connectivity index (χ1) is 9.81. The predicted octanol–water partition coefficient (Wildman–Crippen LogP) is 2.41. The van der Waals surface area contributed by atoms with Gasteiger partial charge in [0.1, 0.15) is 5.82 Å². The monoisotopic (exact) mass is 266 g/mol. The van der Waals surface area contributed by atoms with Crippen molar-refractivity contribution in [3.05, 3.63) is 53.7 Å². The number of hydrogen-bond donors (Lipinski definition) is 2. The summed E-state index contributed by atoms with van der Waals surface area (Å²) in [5.41, 5.74) is 4.01. The summed E-state index contributed by atoms with van der Waals surface area (Å²) in [5, 5.41) is 4.71. The zero-order valence-electron chi connectivity index (χ0n) is 11.6. The average Bonchev–Trinajstić information content (AvgIpc) is 2.96. The second-order valence-electron chi connectivity index (χ2n) is 5.58. The van der Waals surface area contributed by atoms with E-state index in [9.17, 15) is 0 Å². The Hall–Kier alpha value is -2.07. The minimum atomic E-state index is 0.661. The van der Waals surface area contributed by atoms with Crippen LogP contribution in [0.2, 0.25) is 0 Å². The van der Waals surface area contributed by atoms with Crippen LogP contribution in [-0.4, -0.2) is 27.6 Å². The Morgan fingerprint density at radius 2 is 2.25 bits per heavy atom. The van der Waals surface area contributed by atoms with Crippen molar-refractivity contribution >= 4 is 10.9 Å². The molecule has 0 bridgehead atoms. The third-order valence-corrected chi connectivity index (χ3v) is 4.28. The number of nitrogens with one attached hydrogen (secondary N) is 2. The fraction of sp³-hybridized carbons (Fsp3) is 0.312. The van der Waals surface area contributed by atoms with Gasteiger partial charge in [-0.05, 0) is 30.2 Å². The van der Waals surface area contributed by atoms with E-state index in [0.717, 1.165) is 25.5 Å². The molecule has 2 N–H and O–H groups in total. The van der Waals surface area contributed by atoms with E-state index in [4.69, 9.17) is 0 Å². The highest BCUT2D eigenvalue weighted by molar-refractivity contribution is 5.84. The van der Waals surface area contributed by atoms with Crippen LogP contribution in [0.15, 0.2) is 36.8 Å². The predicted molar refractivity (Wildman–Crippen MR) is 80.0 cm³/mol. The molecule has 0 radical (unpaired) electrons. The first-order valence-electron chi connectivity index (χ1n) is 7.09. The minimum absolute atomic E-state index is 0.661. The van der Waals surface area contributed by atoms with E-state index in [1.54, 1.807) is 0 Å². The highest BCUT2D eigenvalue weighted by Crippen LogP contribution is 2.29. The molecule has 0 aliphatic carbocycles. The van der Waals surface area contributed by atoms with E-state index < -0.39 is 0 Å². The van der Waals surface area contributed by atoms with Gasteiger partial charge < -0.3 is 14.9 Å². The second kappa shape index (κ2) is 4.49. The molecule has 102 valence electrons. The molecular formula is C16H18N4. The zero-order valence-corrected chi connectivity index (χ0v) is 11.6. The smallest absolute Gasteiger partial charge is 0.105 e. The molecule has 0 amide bonds. The van der Waals surface area contributed by atoms with E-state index in [0.29, 0.717) is 5.92 Å². The fourth-order valence-electron chi connectivity index (χ4n) is 2.90. The SMILES string of the molecule is Cc1nccn1Cc1ccc2[nH]cc(C3CNC3)c2c1. The number of nitrogens with zero attached hydrogens (tertiary/aromatic N) is 2. The third-order valence-electron chi connectivity index (χ3n) is 4.28. The summed E-state index contributed by atoms with van der Waals surface area (Å²) < 4.78 is 2.18. The van der Waals surface area contributed by atoms with Gasteiger partial charge in [-0.2, -0.15) is 0 Å². The summed E-state index contributed by atoms with van der Waals surface area (Å²) in [6, 6.07) is 6.70. The molecule has 1 saturated heterocycles. The normalized spacial score (nSPS) is 15.7. The molecule has 4 heteroatoms. The van der Waals surface area contributed by atoms with Gasteiger partial charge in [0, 0.05) is 55.0 Å². The van der Waals surface area contributed by atoms with Gasteiger partial charge in [0.25, 0.3) is 0 Å². The van der Waals surface area contributed by atoms with E-state index in [1.165, 1.54) is 22.0 Å². The Labute approximate surface area is 117 Å². The minimum Gasteiger partial charge on any atom is -0.361 e. The third kappa shape index (κ3) is 1.84. The lowest BCUT2D eigenvalue weighted by Gasteiger charge is -2.26. The van der Waals surface area contributed by atoms with Crippen molar-refractivity contribution in [3.8, 4) is 0 Å². The van der Waals surface area contributed by atoms with Crippen LogP contribution in [0, 0.1) is 6.92 Å². The standard InChI is InChI=1S/C16H18N4/c1-11-18-4-5-20(11)10-12-2-3-16-14(6-12)15(9-19-16)13-7-17-8-13/h2-6,9,13,17,19H,7-8,10H2,1H3.